The van der Waals surface area contributed by atoms with Gasteiger partial charge < -0.3 is 10.2 Å². The molecule has 1 aromatic carbocycles. The number of likely N-dealkylation sites (N-methyl/N-ethyl adjacent to an activating group) is 2. The van der Waals surface area contributed by atoms with Gasteiger partial charge in [-0.25, -0.2) is 0 Å². The van der Waals surface area contributed by atoms with Crippen molar-refractivity contribution in [1.29, 1.82) is 0 Å². The van der Waals surface area contributed by atoms with E-state index >= 15 is 0 Å². The smallest absolute Gasteiger partial charge is 0.0506 e. The molecule has 0 saturated heterocycles. The van der Waals surface area contributed by atoms with Crippen molar-refractivity contribution >= 4 is 0 Å². The topological polar surface area (TPSA) is 15.3 Å². The lowest BCUT2D eigenvalue weighted by Crippen LogP contribution is -2.53. The molecule has 1 N–H and O–H groups in total. The largest absolute Gasteiger partial charge is 0.309 e. The predicted octanol–water partition coefficient (Wildman–Crippen LogP) is 4.02. The normalized spacial score (nSPS) is 13.8. The van der Waals surface area contributed by atoms with Gasteiger partial charge in [-0.05, 0) is 51.0 Å². The molecule has 2 heteroatoms. The van der Waals surface area contributed by atoms with Gasteiger partial charge in [0, 0.05) is 5.54 Å². The van der Waals surface area contributed by atoms with Crippen molar-refractivity contribution in [3.8, 4) is 0 Å². The zero-order chi connectivity index (χ0) is 15.2. The Hall–Kier alpha value is -0.860. The highest BCUT2D eigenvalue weighted by molar-refractivity contribution is 5.29. The molecule has 0 amide bonds. The van der Waals surface area contributed by atoms with Gasteiger partial charge in [0.2, 0.25) is 0 Å². The van der Waals surface area contributed by atoms with Crippen LogP contribution in [0.3, 0.4) is 0 Å². The van der Waals surface area contributed by atoms with Crippen LogP contribution in [0, 0.1) is 0 Å². The zero-order valence-corrected chi connectivity index (χ0v) is 14.2. The summed E-state index contributed by atoms with van der Waals surface area (Å²) >= 11 is 0. The fourth-order valence-corrected chi connectivity index (χ4v) is 3.36. The molecule has 0 aromatic heterocycles. The van der Waals surface area contributed by atoms with Gasteiger partial charge in [0.05, 0.1) is 6.04 Å². The van der Waals surface area contributed by atoms with E-state index in [1.807, 2.05) is 0 Å². The monoisotopic (exact) mass is 276 g/mol. The summed E-state index contributed by atoms with van der Waals surface area (Å²) in [5.74, 6) is 0. The van der Waals surface area contributed by atoms with E-state index < -0.39 is 0 Å². The van der Waals surface area contributed by atoms with E-state index in [1.54, 1.807) is 0 Å². The van der Waals surface area contributed by atoms with Crippen LogP contribution in [-0.2, 0) is 6.42 Å². The van der Waals surface area contributed by atoms with E-state index in [4.69, 9.17) is 0 Å². The molecule has 1 aromatic rings. The molecule has 114 valence electrons. The Morgan fingerprint density at radius 2 is 1.75 bits per heavy atom. The van der Waals surface area contributed by atoms with Gasteiger partial charge >= 0.3 is 0 Å². The summed E-state index contributed by atoms with van der Waals surface area (Å²) in [5.41, 5.74) is 3.01. The Bertz CT molecular complexity index is 394. The number of nitrogens with zero attached hydrogens (tertiary/aromatic N) is 1. The number of aryl methyl sites for hydroxylation is 1. The quantitative estimate of drug-likeness (QED) is 0.771. The van der Waals surface area contributed by atoms with Crippen LogP contribution in [0.25, 0.3) is 0 Å². The summed E-state index contributed by atoms with van der Waals surface area (Å²) in [6.07, 6.45) is 3.38. The molecular formula is C18H32N2. The molecule has 0 aliphatic heterocycles. The second kappa shape index (κ2) is 7.80. The minimum Gasteiger partial charge on any atom is -0.309 e. The summed E-state index contributed by atoms with van der Waals surface area (Å²) in [6, 6.07) is 9.45. The number of rotatable bonds is 8. The third kappa shape index (κ3) is 3.42. The van der Waals surface area contributed by atoms with Gasteiger partial charge in [0.1, 0.15) is 0 Å². The van der Waals surface area contributed by atoms with E-state index in [2.05, 4.69) is 76.3 Å². The van der Waals surface area contributed by atoms with Gasteiger partial charge in [-0.1, -0.05) is 52.0 Å². The number of hydrogen-bond acceptors (Lipinski definition) is 2. The number of nitrogens with one attached hydrogen (secondary N) is 1. The molecule has 0 aliphatic rings. The maximum atomic E-state index is 3.73. The van der Waals surface area contributed by atoms with Crippen molar-refractivity contribution in [3.63, 3.8) is 0 Å². The van der Waals surface area contributed by atoms with Crippen molar-refractivity contribution in [2.75, 3.05) is 20.6 Å². The lowest BCUT2D eigenvalue weighted by Gasteiger charge is -2.46. The van der Waals surface area contributed by atoms with Crippen LogP contribution in [0.1, 0.15) is 57.7 Å². The first-order chi connectivity index (χ1) is 9.55. The summed E-state index contributed by atoms with van der Waals surface area (Å²) in [6.45, 7) is 10.0. The van der Waals surface area contributed by atoms with Gasteiger partial charge in [-0.15, -0.1) is 0 Å². The highest BCUT2D eigenvalue weighted by Gasteiger charge is 2.38. The predicted molar refractivity (Wildman–Crippen MR) is 89.2 cm³/mol. The Balaban J connectivity index is 3.26. The molecule has 2 nitrogen and oxygen atoms in total. The lowest BCUT2D eigenvalue weighted by molar-refractivity contribution is 0.0889. The average Bonchev–Trinajstić information content (AvgIpc) is 2.47. The van der Waals surface area contributed by atoms with Crippen LogP contribution in [0.15, 0.2) is 24.3 Å². The Morgan fingerprint density at radius 1 is 1.10 bits per heavy atom. The van der Waals surface area contributed by atoms with E-state index in [-0.39, 0.29) is 5.54 Å². The maximum Gasteiger partial charge on any atom is 0.0506 e. The molecule has 0 bridgehead atoms. The first-order valence-electron chi connectivity index (χ1n) is 8.05. The first-order valence-corrected chi connectivity index (χ1v) is 8.05. The van der Waals surface area contributed by atoms with E-state index in [9.17, 15) is 0 Å². The molecule has 0 fully saturated rings. The highest BCUT2D eigenvalue weighted by Crippen LogP contribution is 2.36. The van der Waals surface area contributed by atoms with Crippen molar-refractivity contribution in [1.82, 2.24) is 10.2 Å². The fraction of sp³-hybridized carbons (Fsp3) is 0.667. The second-order valence-corrected chi connectivity index (χ2v) is 5.79. The number of benzene rings is 1. The van der Waals surface area contributed by atoms with E-state index in [0.717, 1.165) is 25.8 Å². The van der Waals surface area contributed by atoms with Gasteiger partial charge in [-0.3, -0.25) is 0 Å². The minimum atomic E-state index is 0.169. The summed E-state index contributed by atoms with van der Waals surface area (Å²) in [5, 5.41) is 3.73. The van der Waals surface area contributed by atoms with Crippen LogP contribution in [0.5, 0.6) is 0 Å². The third-order valence-corrected chi connectivity index (χ3v) is 4.75. The van der Waals surface area contributed by atoms with E-state index in [0.29, 0.717) is 6.04 Å². The molecule has 0 heterocycles. The molecule has 1 atom stereocenters. The standard InChI is InChI=1S/C18H32N2/c1-7-15-12-11-13-16(14-15)17(19-10-4)18(8-2,9-3)20(5)6/h11-14,17,19H,7-10H2,1-6H3. The fourth-order valence-electron chi connectivity index (χ4n) is 3.36. The molecule has 20 heavy (non-hydrogen) atoms. The molecule has 0 spiro atoms. The van der Waals surface area contributed by atoms with Crippen molar-refractivity contribution in [3.05, 3.63) is 35.4 Å². The van der Waals surface area contributed by atoms with Crippen molar-refractivity contribution < 1.29 is 0 Å². The third-order valence-electron chi connectivity index (χ3n) is 4.75. The average molecular weight is 276 g/mol. The SMILES string of the molecule is CCNC(c1cccc(CC)c1)C(CC)(CC)N(C)C. The molecule has 1 unspecified atom stereocenters. The summed E-state index contributed by atoms with van der Waals surface area (Å²) in [4.78, 5) is 2.40. The van der Waals surface area contributed by atoms with E-state index in [1.165, 1.54) is 11.1 Å². The molecule has 0 aliphatic carbocycles. The first kappa shape index (κ1) is 17.2. The molecule has 0 radical (unpaired) electrons. The van der Waals surface area contributed by atoms with Crippen LogP contribution >= 0.6 is 0 Å². The van der Waals surface area contributed by atoms with Crippen molar-refractivity contribution in [2.24, 2.45) is 0 Å². The minimum absolute atomic E-state index is 0.169. The molecular weight excluding hydrogens is 244 g/mol. The molecule has 0 saturated carbocycles. The maximum absolute atomic E-state index is 3.73. The van der Waals surface area contributed by atoms with Gasteiger partial charge in [-0.2, -0.15) is 0 Å². The Labute approximate surface area is 125 Å². The van der Waals surface area contributed by atoms with Crippen LogP contribution in [0.4, 0.5) is 0 Å². The lowest BCUT2D eigenvalue weighted by atomic mass is 9.79. The van der Waals surface area contributed by atoms with Gasteiger partial charge in [0.15, 0.2) is 0 Å². The Kier molecular flexibility index (Phi) is 6.70. The second-order valence-electron chi connectivity index (χ2n) is 5.79. The van der Waals surface area contributed by atoms with Gasteiger partial charge in [0.25, 0.3) is 0 Å². The zero-order valence-electron chi connectivity index (χ0n) is 14.2. The molecule has 1 rings (SSSR count). The van der Waals surface area contributed by atoms with Crippen molar-refractivity contribution in [2.45, 2.75) is 58.5 Å². The number of hydrogen-bond donors (Lipinski definition) is 1. The van der Waals surface area contributed by atoms with Crippen LogP contribution in [0.2, 0.25) is 0 Å². The highest BCUT2D eigenvalue weighted by atomic mass is 15.2. The summed E-state index contributed by atoms with van der Waals surface area (Å²) in [7, 11) is 4.42. The van der Waals surface area contributed by atoms with Crippen LogP contribution in [-0.4, -0.2) is 31.1 Å². The van der Waals surface area contributed by atoms with Crippen LogP contribution < -0.4 is 5.32 Å². The Morgan fingerprint density at radius 3 is 2.20 bits per heavy atom. The summed E-state index contributed by atoms with van der Waals surface area (Å²) < 4.78 is 0.